The average Bonchev–Trinajstić information content (AvgIpc) is 4.23. The van der Waals surface area contributed by atoms with Crippen LogP contribution in [0, 0.1) is 0 Å². The van der Waals surface area contributed by atoms with Crippen LogP contribution in [0.5, 0.6) is 0 Å². The van der Waals surface area contributed by atoms with Gasteiger partial charge in [0.2, 0.25) is 5.78 Å². The molecule has 69 heavy (non-hydrogen) atoms. The first-order chi connectivity index (χ1) is 33.5. The number of thiophene rings is 5. The van der Waals surface area contributed by atoms with E-state index in [1.54, 1.807) is 81.9 Å². The molecule has 0 amide bonds. The van der Waals surface area contributed by atoms with Crippen molar-refractivity contribution in [2.45, 2.75) is 13.8 Å². The van der Waals surface area contributed by atoms with Crippen LogP contribution in [0.1, 0.15) is 55.3 Å². The molecule has 6 aromatic heterocycles. The third kappa shape index (κ3) is 12.6. The molecule has 0 aliphatic carbocycles. The number of nitrogens with two attached hydrogens (primary N) is 1. The van der Waals surface area contributed by atoms with Gasteiger partial charge in [0.1, 0.15) is 6.61 Å². The predicted octanol–water partition coefficient (Wildman–Crippen LogP) is 14.4. The maximum atomic E-state index is 11.8. The van der Waals surface area contributed by atoms with E-state index in [4.69, 9.17) is 20.0 Å². The number of aliphatic hydroxyl groups excluding tert-OH is 1. The Morgan fingerprint density at radius 1 is 0.551 bits per heavy atom. The highest BCUT2D eigenvalue weighted by atomic mass is 79.9. The monoisotopic (exact) mass is 1070 g/mol. The van der Waals surface area contributed by atoms with Gasteiger partial charge in [-0.15, -0.1) is 56.7 Å². The number of aliphatic hydroxyl groups is 1. The fourth-order valence-corrected chi connectivity index (χ4v) is 11.4. The fraction of sp³-hybridized carbons (Fsp3) is 0.0943. The molecule has 0 aliphatic heterocycles. The Kier molecular flexibility index (Phi) is 17.6. The summed E-state index contributed by atoms with van der Waals surface area (Å²) in [5.74, 6) is 0.175. The SMILES string of the molecule is CC(=O)OCC(=O)c1cccc2sccc12.CC(=O)c1cccc2sccc12.Nc1ncc(-c2cccc3sccc23)o1.O=C(CBr)c1cccc2sccc12.O=C(CO)c1cccc2sccc12. The first kappa shape index (κ1) is 50.4. The van der Waals surface area contributed by atoms with Crippen molar-refractivity contribution in [3.8, 4) is 11.3 Å². The van der Waals surface area contributed by atoms with Crippen LogP contribution in [0.15, 0.2) is 159 Å². The Balaban J connectivity index is 0.000000128. The lowest BCUT2D eigenvalue weighted by atomic mass is 10.1. The summed E-state index contributed by atoms with van der Waals surface area (Å²) in [5, 5.41) is 24.3. The highest BCUT2D eigenvalue weighted by Gasteiger charge is 2.13. The van der Waals surface area contributed by atoms with Gasteiger partial charge in [-0.2, -0.15) is 0 Å². The molecule has 0 bridgehead atoms. The van der Waals surface area contributed by atoms with Crippen molar-refractivity contribution in [3.63, 3.8) is 0 Å². The highest BCUT2D eigenvalue weighted by Crippen LogP contribution is 2.33. The minimum absolute atomic E-state index is 0.138. The third-order valence-electron chi connectivity index (χ3n) is 10.2. The number of aromatic nitrogens is 1. The number of carbonyl (C=O) groups is 5. The molecule has 0 saturated carbocycles. The Labute approximate surface area is 424 Å². The zero-order valence-electron chi connectivity index (χ0n) is 36.9. The smallest absolute Gasteiger partial charge is 0.303 e. The summed E-state index contributed by atoms with van der Waals surface area (Å²) in [6, 6.07) is 38.9. The number of hydrogen-bond donors (Lipinski definition) is 2. The van der Waals surface area contributed by atoms with Gasteiger partial charge in [-0.3, -0.25) is 24.0 Å². The van der Waals surface area contributed by atoms with Gasteiger partial charge in [0, 0.05) is 85.2 Å². The molecule has 5 aromatic carbocycles. The molecule has 3 N–H and O–H groups in total. The molecule has 0 aliphatic rings. The van der Waals surface area contributed by atoms with Crippen LogP contribution in [0.2, 0.25) is 0 Å². The van der Waals surface area contributed by atoms with Crippen molar-refractivity contribution in [2.24, 2.45) is 0 Å². The number of nitrogens with zero attached hydrogens (tertiary/aromatic N) is 1. The standard InChI is InChI=1S/C12H10O3S.C11H8N2OS.C10H7BrOS.C10H8O2S.C10H8OS/c1-8(13)15-7-11(14)9-3-2-4-12-10(9)5-6-16-12;12-11-13-6-9(14-11)7-2-1-3-10-8(7)4-5-15-10;2*11-6-9(12)7-2-1-3-10-8(7)4-5-13-10;1-7(11)8-3-2-4-10-9(8)5-6-12-10/h2-6H,7H2,1H3;1-6H,(H2,12,13);1-5H,6H2;1-5,11H,6H2;2-6H,1H3. The minimum atomic E-state index is -0.439. The topological polar surface area (TPSA) is 167 Å². The third-order valence-corrected chi connectivity index (χ3v) is 15.1. The summed E-state index contributed by atoms with van der Waals surface area (Å²) in [7, 11) is 0. The van der Waals surface area contributed by atoms with Gasteiger partial charge in [-0.05, 0) is 94.5 Å². The number of ketones is 4. The second-order valence-corrected chi connectivity index (χ2v) is 19.9. The molecule has 10 nitrogen and oxygen atoms in total. The van der Waals surface area contributed by atoms with E-state index >= 15 is 0 Å². The van der Waals surface area contributed by atoms with E-state index in [9.17, 15) is 24.0 Å². The summed E-state index contributed by atoms with van der Waals surface area (Å²) in [5.41, 5.74) is 9.37. The van der Waals surface area contributed by atoms with Crippen molar-refractivity contribution in [2.75, 3.05) is 24.3 Å². The van der Waals surface area contributed by atoms with Gasteiger partial charge < -0.3 is 20.0 Å². The summed E-state index contributed by atoms with van der Waals surface area (Å²) in [6.07, 6.45) is 1.65. The minimum Gasteiger partial charge on any atom is -0.457 e. The zero-order valence-corrected chi connectivity index (χ0v) is 42.5. The number of halogens is 1. The molecule has 0 radical (unpaired) electrons. The van der Waals surface area contributed by atoms with Gasteiger partial charge in [-0.25, -0.2) is 4.98 Å². The molecular weight excluding hydrogens is 1030 g/mol. The number of alkyl halides is 1. The first-order valence-electron chi connectivity index (χ1n) is 20.9. The second kappa shape index (κ2) is 24.2. The van der Waals surface area contributed by atoms with Crippen LogP contribution in [0.3, 0.4) is 0 Å². The fourth-order valence-electron chi connectivity index (χ4n) is 7.04. The number of anilines is 1. The summed E-state index contributed by atoms with van der Waals surface area (Å²) in [6.45, 7) is 2.28. The van der Waals surface area contributed by atoms with E-state index in [2.05, 4.69) is 38.4 Å². The van der Waals surface area contributed by atoms with E-state index in [0.29, 0.717) is 16.5 Å². The van der Waals surface area contributed by atoms with Crippen molar-refractivity contribution in [3.05, 3.63) is 177 Å². The highest BCUT2D eigenvalue weighted by molar-refractivity contribution is 9.09. The van der Waals surface area contributed by atoms with Crippen LogP contribution >= 0.6 is 72.6 Å². The molecule has 348 valence electrons. The van der Waals surface area contributed by atoms with Gasteiger partial charge in [-0.1, -0.05) is 76.6 Å². The normalized spacial score (nSPS) is 10.6. The molecule has 6 heterocycles. The number of nitrogen functional groups attached to an aromatic ring is 1. The molecule has 16 heteroatoms. The Morgan fingerprint density at radius 2 is 0.942 bits per heavy atom. The predicted molar refractivity (Wildman–Crippen MR) is 290 cm³/mol. The number of oxazole rings is 1. The van der Waals surface area contributed by atoms with Gasteiger partial charge >= 0.3 is 5.97 Å². The average molecular weight is 1070 g/mol. The lowest BCUT2D eigenvalue weighted by Crippen LogP contribution is -2.11. The van der Waals surface area contributed by atoms with Gasteiger partial charge in [0.15, 0.2) is 29.7 Å². The molecular formula is C53H41BrN2O8S5. The number of carbonyl (C=O) groups excluding carboxylic acids is 5. The molecule has 0 fully saturated rings. The van der Waals surface area contributed by atoms with Crippen molar-refractivity contribution in [1.82, 2.24) is 4.98 Å². The second-order valence-electron chi connectivity index (χ2n) is 14.7. The number of Topliss-reactive ketones (excluding diaryl/α,β-unsaturated/α-hetero) is 4. The first-order valence-corrected chi connectivity index (χ1v) is 26.4. The molecule has 0 unspecified atom stereocenters. The van der Waals surface area contributed by atoms with Crippen molar-refractivity contribution >= 4 is 158 Å². The van der Waals surface area contributed by atoms with Gasteiger partial charge in [0.25, 0.3) is 6.01 Å². The molecule has 0 atom stereocenters. The maximum absolute atomic E-state index is 11.8. The van der Waals surface area contributed by atoms with Crippen LogP contribution in [-0.2, 0) is 9.53 Å². The number of rotatable bonds is 9. The lowest BCUT2D eigenvalue weighted by molar-refractivity contribution is -0.139. The van der Waals surface area contributed by atoms with Crippen LogP contribution in [0.25, 0.3) is 61.8 Å². The Hall–Kier alpha value is -6.50. The summed E-state index contributed by atoms with van der Waals surface area (Å²) >= 11 is 11.4. The summed E-state index contributed by atoms with van der Waals surface area (Å²) in [4.78, 5) is 60.2. The van der Waals surface area contributed by atoms with Gasteiger partial charge in [0.05, 0.1) is 11.5 Å². The van der Waals surface area contributed by atoms with E-state index < -0.39 is 12.6 Å². The molecule has 11 aromatic rings. The number of benzene rings is 5. The Morgan fingerprint density at radius 3 is 1.35 bits per heavy atom. The lowest BCUT2D eigenvalue weighted by Gasteiger charge is -2.02. The van der Waals surface area contributed by atoms with Crippen LogP contribution in [-0.4, -0.2) is 57.7 Å². The maximum Gasteiger partial charge on any atom is 0.303 e. The quantitative estimate of drug-likeness (QED) is 0.0807. The number of ether oxygens (including phenoxy) is 1. The van der Waals surface area contributed by atoms with E-state index in [1.807, 2.05) is 119 Å². The van der Waals surface area contributed by atoms with Crippen molar-refractivity contribution < 1.29 is 38.2 Å². The number of hydrogen-bond acceptors (Lipinski definition) is 15. The van der Waals surface area contributed by atoms with E-state index in [1.165, 1.54) is 26.4 Å². The zero-order chi connectivity index (χ0) is 48.9. The number of esters is 1. The summed E-state index contributed by atoms with van der Waals surface area (Å²) < 4.78 is 15.8. The molecule has 11 rings (SSSR count). The van der Waals surface area contributed by atoms with E-state index in [-0.39, 0.29) is 35.8 Å². The number of fused-ring (bicyclic) bond motifs is 5. The van der Waals surface area contributed by atoms with Crippen LogP contribution in [0.4, 0.5) is 6.01 Å². The Bertz CT molecular complexity index is 3470. The largest absolute Gasteiger partial charge is 0.457 e. The van der Waals surface area contributed by atoms with Crippen LogP contribution < -0.4 is 5.73 Å². The molecule has 0 spiro atoms. The van der Waals surface area contributed by atoms with E-state index in [0.717, 1.165) is 53.4 Å². The molecule has 0 saturated heterocycles. The van der Waals surface area contributed by atoms with Crippen molar-refractivity contribution in [1.29, 1.82) is 0 Å².